The summed E-state index contributed by atoms with van der Waals surface area (Å²) in [5, 5.41) is 0. The largest absolute Gasteiger partial charge is 0.382 e. The third-order valence-corrected chi connectivity index (χ3v) is 3.49. The average molecular weight is 281 g/mol. The molecule has 0 N–H and O–H groups in total. The summed E-state index contributed by atoms with van der Waals surface area (Å²) >= 11 is 0. The van der Waals surface area contributed by atoms with Crippen LogP contribution in [0.15, 0.2) is 24.3 Å². The van der Waals surface area contributed by atoms with Crippen molar-refractivity contribution >= 4 is 5.91 Å². The van der Waals surface area contributed by atoms with E-state index >= 15 is 0 Å². The smallest absolute Gasteiger partial charge is 0.249 e. The molecule has 1 fully saturated rings. The van der Waals surface area contributed by atoms with Crippen molar-refractivity contribution in [3.05, 3.63) is 35.6 Å². The maximum absolute atomic E-state index is 13.0. The number of hydrogen-bond acceptors (Lipinski definition) is 3. The van der Waals surface area contributed by atoms with Gasteiger partial charge in [-0.2, -0.15) is 0 Å². The highest BCUT2D eigenvalue weighted by atomic mass is 19.1. The Kier molecular flexibility index (Phi) is 5.49. The summed E-state index contributed by atoms with van der Waals surface area (Å²) in [6.07, 6.45) is 1.88. The van der Waals surface area contributed by atoms with Crippen molar-refractivity contribution in [2.45, 2.75) is 18.9 Å². The molecule has 1 unspecified atom stereocenters. The maximum atomic E-state index is 13.0. The first-order chi connectivity index (χ1) is 9.72. The molecular formula is C15H20FNO3. The molecule has 1 aliphatic rings. The highest BCUT2D eigenvalue weighted by molar-refractivity contribution is 5.78. The first-order valence-electron chi connectivity index (χ1n) is 6.84. The molecule has 0 aromatic heterocycles. The molecule has 1 atom stereocenters. The normalized spacial score (nSPS) is 18.5. The van der Waals surface area contributed by atoms with Crippen LogP contribution in [0.3, 0.4) is 0 Å². The molecule has 110 valence electrons. The number of rotatable bonds is 6. The first kappa shape index (κ1) is 14.9. The van der Waals surface area contributed by atoms with Crippen molar-refractivity contribution in [1.82, 2.24) is 4.90 Å². The van der Waals surface area contributed by atoms with Gasteiger partial charge in [-0.05, 0) is 30.5 Å². The van der Waals surface area contributed by atoms with E-state index in [-0.39, 0.29) is 24.4 Å². The predicted octanol–water partition coefficient (Wildman–Crippen LogP) is 2.15. The van der Waals surface area contributed by atoms with E-state index in [4.69, 9.17) is 9.47 Å². The van der Waals surface area contributed by atoms with Gasteiger partial charge in [0.25, 0.3) is 0 Å². The van der Waals surface area contributed by atoms with Gasteiger partial charge in [-0.15, -0.1) is 0 Å². The number of amides is 1. The van der Waals surface area contributed by atoms with Crippen LogP contribution >= 0.6 is 0 Å². The summed E-state index contributed by atoms with van der Waals surface area (Å²) in [6.45, 7) is 1.70. The van der Waals surface area contributed by atoms with E-state index in [1.165, 1.54) is 12.1 Å². The molecule has 1 aliphatic heterocycles. The Labute approximate surface area is 118 Å². The third kappa shape index (κ3) is 3.77. The van der Waals surface area contributed by atoms with Crippen LogP contribution in [-0.4, -0.2) is 44.3 Å². The van der Waals surface area contributed by atoms with Gasteiger partial charge in [0.2, 0.25) is 5.91 Å². The van der Waals surface area contributed by atoms with Gasteiger partial charge in [0.05, 0.1) is 19.3 Å². The van der Waals surface area contributed by atoms with Crippen molar-refractivity contribution in [2.75, 3.05) is 33.5 Å². The van der Waals surface area contributed by atoms with Crippen LogP contribution in [-0.2, 0) is 14.3 Å². The number of carbonyl (C=O) groups is 1. The van der Waals surface area contributed by atoms with Gasteiger partial charge < -0.3 is 14.4 Å². The molecule has 5 heteroatoms. The van der Waals surface area contributed by atoms with Crippen LogP contribution in [0.4, 0.5) is 4.39 Å². The van der Waals surface area contributed by atoms with Crippen LogP contribution in [0.25, 0.3) is 0 Å². The minimum absolute atomic E-state index is 0.0204. The molecular weight excluding hydrogens is 261 g/mol. The number of benzene rings is 1. The van der Waals surface area contributed by atoms with Crippen LogP contribution in [0.5, 0.6) is 0 Å². The van der Waals surface area contributed by atoms with Gasteiger partial charge >= 0.3 is 0 Å². The van der Waals surface area contributed by atoms with Crippen molar-refractivity contribution in [3.63, 3.8) is 0 Å². The lowest BCUT2D eigenvalue weighted by Crippen LogP contribution is -2.33. The summed E-state index contributed by atoms with van der Waals surface area (Å²) in [7, 11) is 1.59. The monoisotopic (exact) mass is 281 g/mol. The first-order valence-corrected chi connectivity index (χ1v) is 6.84. The van der Waals surface area contributed by atoms with Crippen LogP contribution in [0.2, 0.25) is 0 Å². The molecule has 1 saturated heterocycles. The van der Waals surface area contributed by atoms with E-state index in [2.05, 4.69) is 0 Å². The van der Waals surface area contributed by atoms with Gasteiger partial charge in [0.15, 0.2) is 0 Å². The molecule has 1 amide bonds. The Hall–Kier alpha value is -1.46. The fourth-order valence-electron chi connectivity index (χ4n) is 2.48. The van der Waals surface area contributed by atoms with Gasteiger partial charge in [0.1, 0.15) is 12.4 Å². The van der Waals surface area contributed by atoms with E-state index in [9.17, 15) is 9.18 Å². The quantitative estimate of drug-likeness (QED) is 0.750. The average Bonchev–Trinajstić information content (AvgIpc) is 2.93. The number of nitrogens with zero attached hydrogens (tertiary/aromatic N) is 1. The molecule has 0 bridgehead atoms. The number of hydrogen-bond donors (Lipinski definition) is 0. The Morgan fingerprint density at radius 1 is 1.35 bits per heavy atom. The summed E-state index contributed by atoms with van der Waals surface area (Å²) in [4.78, 5) is 14.0. The fraction of sp³-hybridized carbons (Fsp3) is 0.533. The standard InChI is InChI=1S/C15H20FNO3/c1-19-9-10-20-11-15(18)17-8-2-3-14(17)12-4-6-13(16)7-5-12/h4-7,14H,2-3,8-11H2,1H3. The lowest BCUT2D eigenvalue weighted by atomic mass is 10.0. The molecule has 0 aliphatic carbocycles. The lowest BCUT2D eigenvalue weighted by molar-refractivity contribution is -0.137. The number of carbonyl (C=O) groups excluding carboxylic acids is 1. The SMILES string of the molecule is COCCOCC(=O)N1CCCC1c1ccc(F)cc1. The lowest BCUT2D eigenvalue weighted by Gasteiger charge is -2.25. The molecule has 0 saturated carbocycles. The second kappa shape index (κ2) is 7.36. The van der Waals surface area contributed by atoms with Crippen LogP contribution in [0, 0.1) is 5.82 Å². The topological polar surface area (TPSA) is 38.8 Å². The minimum atomic E-state index is -0.257. The van der Waals surface area contributed by atoms with E-state index in [0.717, 1.165) is 24.9 Å². The Morgan fingerprint density at radius 2 is 2.10 bits per heavy atom. The van der Waals surface area contributed by atoms with Crippen molar-refractivity contribution < 1.29 is 18.7 Å². The van der Waals surface area contributed by atoms with Crippen molar-refractivity contribution in [2.24, 2.45) is 0 Å². The summed E-state index contributed by atoms with van der Waals surface area (Å²) in [5.41, 5.74) is 0.981. The molecule has 0 spiro atoms. The Morgan fingerprint density at radius 3 is 2.80 bits per heavy atom. The Bertz CT molecular complexity index is 435. The summed E-state index contributed by atoms with van der Waals surface area (Å²) in [5.74, 6) is -0.277. The van der Waals surface area contributed by atoms with E-state index < -0.39 is 0 Å². The second-order valence-corrected chi connectivity index (χ2v) is 4.84. The van der Waals surface area contributed by atoms with Gasteiger partial charge in [-0.3, -0.25) is 4.79 Å². The zero-order valence-electron chi connectivity index (χ0n) is 11.7. The Balaban J connectivity index is 1.93. The zero-order chi connectivity index (χ0) is 14.4. The van der Waals surface area contributed by atoms with Gasteiger partial charge in [0, 0.05) is 13.7 Å². The fourth-order valence-corrected chi connectivity index (χ4v) is 2.48. The molecule has 1 heterocycles. The predicted molar refractivity (Wildman–Crippen MR) is 72.8 cm³/mol. The van der Waals surface area contributed by atoms with Crippen molar-refractivity contribution in [3.8, 4) is 0 Å². The zero-order valence-corrected chi connectivity index (χ0v) is 11.7. The second-order valence-electron chi connectivity index (χ2n) is 4.84. The van der Waals surface area contributed by atoms with Gasteiger partial charge in [-0.1, -0.05) is 12.1 Å². The van der Waals surface area contributed by atoms with Crippen molar-refractivity contribution in [1.29, 1.82) is 0 Å². The molecule has 0 radical (unpaired) electrons. The van der Waals surface area contributed by atoms with Crippen LogP contribution < -0.4 is 0 Å². The molecule has 1 aromatic carbocycles. The number of likely N-dealkylation sites (tertiary alicyclic amines) is 1. The number of ether oxygens (including phenoxy) is 2. The summed E-state index contributed by atoms with van der Waals surface area (Å²) in [6, 6.07) is 6.40. The third-order valence-electron chi connectivity index (χ3n) is 3.49. The number of halogens is 1. The van der Waals surface area contributed by atoms with E-state index in [1.54, 1.807) is 19.2 Å². The molecule has 4 nitrogen and oxygen atoms in total. The maximum Gasteiger partial charge on any atom is 0.249 e. The minimum Gasteiger partial charge on any atom is -0.382 e. The highest BCUT2D eigenvalue weighted by Crippen LogP contribution is 2.31. The van der Waals surface area contributed by atoms with Crippen LogP contribution in [0.1, 0.15) is 24.4 Å². The van der Waals surface area contributed by atoms with Gasteiger partial charge in [-0.25, -0.2) is 4.39 Å². The summed E-state index contributed by atoms with van der Waals surface area (Å²) < 4.78 is 23.1. The van der Waals surface area contributed by atoms with E-state index in [1.807, 2.05) is 4.90 Å². The highest BCUT2D eigenvalue weighted by Gasteiger charge is 2.29. The molecule has 1 aromatic rings. The van der Waals surface area contributed by atoms with E-state index in [0.29, 0.717) is 13.2 Å². The number of methoxy groups -OCH3 is 1. The molecule has 2 rings (SSSR count). The molecule has 20 heavy (non-hydrogen) atoms.